The summed E-state index contributed by atoms with van der Waals surface area (Å²) in [7, 11) is 0. The van der Waals surface area contributed by atoms with Crippen LogP contribution in [0.3, 0.4) is 0 Å². The summed E-state index contributed by atoms with van der Waals surface area (Å²) in [6, 6.07) is 0.342. The number of rotatable bonds is 3. The molecule has 0 spiro atoms. The third kappa shape index (κ3) is 2.66. The summed E-state index contributed by atoms with van der Waals surface area (Å²) < 4.78 is 5.90. The second kappa shape index (κ2) is 3.56. The van der Waals surface area contributed by atoms with E-state index in [1.165, 1.54) is 0 Å². The summed E-state index contributed by atoms with van der Waals surface area (Å²) in [6.45, 7) is 9.23. The largest absolute Gasteiger partial charge is 0.395 e. The lowest BCUT2D eigenvalue weighted by Gasteiger charge is -2.27. The predicted molar refractivity (Wildman–Crippen MR) is 52.7 cm³/mol. The van der Waals surface area contributed by atoms with Gasteiger partial charge in [-0.05, 0) is 34.1 Å². The Morgan fingerprint density at radius 1 is 1.38 bits per heavy atom. The summed E-state index contributed by atoms with van der Waals surface area (Å²) >= 11 is 0. The van der Waals surface area contributed by atoms with Gasteiger partial charge in [-0.25, -0.2) is 0 Å². The minimum Gasteiger partial charge on any atom is -0.395 e. The van der Waals surface area contributed by atoms with Crippen LogP contribution in [-0.2, 0) is 4.74 Å². The zero-order valence-electron chi connectivity index (χ0n) is 9.05. The van der Waals surface area contributed by atoms with E-state index in [9.17, 15) is 0 Å². The molecule has 13 heavy (non-hydrogen) atoms. The topological polar surface area (TPSA) is 41.5 Å². The number of nitrogens with one attached hydrogen (secondary N) is 1. The van der Waals surface area contributed by atoms with E-state index >= 15 is 0 Å². The molecule has 1 aliphatic heterocycles. The van der Waals surface area contributed by atoms with Crippen molar-refractivity contribution in [1.29, 1.82) is 0 Å². The molecule has 1 saturated heterocycles. The quantitative estimate of drug-likeness (QED) is 0.690. The normalized spacial score (nSPS) is 30.7. The smallest absolute Gasteiger partial charge is 0.0787 e. The van der Waals surface area contributed by atoms with Crippen LogP contribution in [0.1, 0.15) is 34.1 Å². The summed E-state index contributed by atoms with van der Waals surface area (Å²) in [5, 5.41) is 12.0. The van der Waals surface area contributed by atoms with Crippen molar-refractivity contribution in [3.8, 4) is 0 Å². The van der Waals surface area contributed by atoms with Gasteiger partial charge in [-0.2, -0.15) is 0 Å². The molecule has 0 saturated carbocycles. The van der Waals surface area contributed by atoms with E-state index in [1.54, 1.807) is 0 Å². The maximum absolute atomic E-state index is 8.72. The molecule has 78 valence electrons. The Hall–Kier alpha value is -0.120. The molecule has 0 radical (unpaired) electrons. The molecule has 3 heteroatoms. The van der Waals surface area contributed by atoms with Crippen molar-refractivity contribution >= 4 is 0 Å². The van der Waals surface area contributed by atoms with Gasteiger partial charge in [0, 0.05) is 12.6 Å². The highest BCUT2D eigenvalue weighted by Gasteiger charge is 2.45. The van der Waals surface area contributed by atoms with Crippen molar-refractivity contribution in [1.82, 2.24) is 5.32 Å². The predicted octanol–water partition coefficient (Wildman–Crippen LogP) is 0.914. The van der Waals surface area contributed by atoms with E-state index in [0.717, 1.165) is 6.42 Å². The van der Waals surface area contributed by atoms with Gasteiger partial charge in [-0.15, -0.1) is 0 Å². The summed E-state index contributed by atoms with van der Waals surface area (Å²) in [4.78, 5) is 0. The third-order valence-electron chi connectivity index (χ3n) is 2.58. The molecular formula is C10H21NO2. The van der Waals surface area contributed by atoms with E-state index in [1.807, 2.05) is 0 Å². The van der Waals surface area contributed by atoms with Crippen LogP contribution in [0.25, 0.3) is 0 Å². The highest BCUT2D eigenvalue weighted by Crippen LogP contribution is 2.36. The Morgan fingerprint density at radius 3 is 2.38 bits per heavy atom. The molecule has 0 aliphatic carbocycles. The highest BCUT2D eigenvalue weighted by atomic mass is 16.5. The van der Waals surface area contributed by atoms with Crippen LogP contribution < -0.4 is 5.32 Å². The van der Waals surface area contributed by atoms with Crippen LogP contribution in [0.5, 0.6) is 0 Å². The molecule has 2 N–H and O–H groups in total. The maximum atomic E-state index is 8.72. The van der Waals surface area contributed by atoms with E-state index < -0.39 is 0 Å². The molecule has 1 unspecified atom stereocenters. The molecule has 1 aliphatic rings. The average Bonchev–Trinajstić information content (AvgIpc) is 2.14. The van der Waals surface area contributed by atoms with Gasteiger partial charge in [0.15, 0.2) is 0 Å². The molecule has 0 aromatic rings. The highest BCUT2D eigenvalue weighted by molar-refractivity contribution is 4.98. The van der Waals surface area contributed by atoms with Gasteiger partial charge in [-0.1, -0.05) is 0 Å². The number of ether oxygens (including phenoxy) is 1. The van der Waals surface area contributed by atoms with Crippen molar-refractivity contribution in [3.63, 3.8) is 0 Å². The zero-order chi connectivity index (χ0) is 10.1. The first-order chi connectivity index (χ1) is 5.87. The lowest BCUT2D eigenvalue weighted by molar-refractivity contribution is -0.0699. The molecule has 1 fully saturated rings. The minimum absolute atomic E-state index is 0.0450. The van der Waals surface area contributed by atoms with E-state index in [-0.39, 0.29) is 17.8 Å². The van der Waals surface area contributed by atoms with Gasteiger partial charge in [0.25, 0.3) is 0 Å². The number of aliphatic hydroxyl groups is 1. The number of hydrogen-bond acceptors (Lipinski definition) is 3. The Kier molecular flexibility index (Phi) is 3.00. The maximum Gasteiger partial charge on any atom is 0.0787 e. The van der Waals surface area contributed by atoms with Gasteiger partial charge in [-0.3, -0.25) is 0 Å². The first-order valence-electron chi connectivity index (χ1n) is 4.92. The lowest BCUT2D eigenvalue weighted by atomic mass is 9.94. The SMILES string of the molecule is CC1(C)CC(NCCO)C(C)(C)O1. The van der Waals surface area contributed by atoms with Crippen molar-refractivity contribution in [2.75, 3.05) is 13.2 Å². The average molecular weight is 187 g/mol. The van der Waals surface area contributed by atoms with E-state index in [0.29, 0.717) is 12.6 Å². The van der Waals surface area contributed by atoms with Crippen LogP contribution in [0.2, 0.25) is 0 Å². The fourth-order valence-corrected chi connectivity index (χ4v) is 2.12. The molecule has 0 bridgehead atoms. The Morgan fingerprint density at radius 2 is 2.00 bits per heavy atom. The third-order valence-corrected chi connectivity index (χ3v) is 2.58. The van der Waals surface area contributed by atoms with Crippen molar-refractivity contribution < 1.29 is 9.84 Å². The first-order valence-corrected chi connectivity index (χ1v) is 4.92. The first kappa shape index (κ1) is 11.0. The van der Waals surface area contributed by atoms with E-state index in [4.69, 9.17) is 9.84 Å². The Bertz CT molecular complexity index is 178. The second-order valence-electron chi connectivity index (χ2n) is 4.90. The summed E-state index contributed by atoms with van der Waals surface area (Å²) in [5.74, 6) is 0. The molecule has 3 nitrogen and oxygen atoms in total. The lowest BCUT2D eigenvalue weighted by Crippen LogP contribution is -2.44. The Labute approximate surface area is 80.5 Å². The summed E-state index contributed by atoms with van der Waals surface area (Å²) in [6.07, 6.45) is 1.00. The molecule has 0 amide bonds. The molecule has 0 aromatic heterocycles. The van der Waals surface area contributed by atoms with Gasteiger partial charge >= 0.3 is 0 Å². The van der Waals surface area contributed by atoms with Crippen LogP contribution in [0, 0.1) is 0 Å². The monoisotopic (exact) mass is 187 g/mol. The Balaban J connectivity index is 2.54. The van der Waals surface area contributed by atoms with Crippen LogP contribution >= 0.6 is 0 Å². The number of hydrogen-bond donors (Lipinski definition) is 2. The molecule has 0 aromatic carbocycles. The van der Waals surface area contributed by atoms with Crippen molar-refractivity contribution in [2.24, 2.45) is 0 Å². The van der Waals surface area contributed by atoms with Crippen LogP contribution in [0.15, 0.2) is 0 Å². The van der Waals surface area contributed by atoms with Gasteiger partial charge < -0.3 is 15.2 Å². The fraction of sp³-hybridized carbons (Fsp3) is 1.00. The van der Waals surface area contributed by atoms with Gasteiger partial charge in [0.2, 0.25) is 0 Å². The number of aliphatic hydroxyl groups excluding tert-OH is 1. The standard InChI is InChI=1S/C10H21NO2/c1-9(2)7-8(11-5-6-12)10(3,4)13-9/h8,11-12H,5-7H2,1-4H3. The van der Waals surface area contributed by atoms with Gasteiger partial charge in [0.05, 0.1) is 17.8 Å². The van der Waals surface area contributed by atoms with Crippen molar-refractivity contribution in [2.45, 2.75) is 51.4 Å². The molecule has 1 heterocycles. The van der Waals surface area contributed by atoms with Crippen LogP contribution in [0.4, 0.5) is 0 Å². The zero-order valence-corrected chi connectivity index (χ0v) is 9.05. The van der Waals surface area contributed by atoms with Gasteiger partial charge in [0.1, 0.15) is 0 Å². The second-order valence-corrected chi connectivity index (χ2v) is 4.90. The minimum atomic E-state index is -0.126. The molecular weight excluding hydrogens is 166 g/mol. The summed E-state index contributed by atoms with van der Waals surface area (Å²) in [5.41, 5.74) is -0.171. The van der Waals surface area contributed by atoms with E-state index in [2.05, 4.69) is 33.0 Å². The van der Waals surface area contributed by atoms with Crippen molar-refractivity contribution in [3.05, 3.63) is 0 Å². The van der Waals surface area contributed by atoms with Crippen LogP contribution in [-0.4, -0.2) is 35.5 Å². The molecule has 1 atom stereocenters. The molecule has 1 rings (SSSR count). The fourth-order valence-electron chi connectivity index (χ4n) is 2.12.